The van der Waals surface area contributed by atoms with E-state index in [1.54, 1.807) is 11.3 Å². The van der Waals surface area contributed by atoms with Gasteiger partial charge in [0.1, 0.15) is 16.6 Å². The molecule has 3 heterocycles. The second kappa shape index (κ2) is 8.47. The molecule has 1 aliphatic carbocycles. The molecule has 33 heavy (non-hydrogen) atoms. The Bertz CT molecular complexity index is 1210. The van der Waals surface area contributed by atoms with Crippen molar-refractivity contribution in [2.24, 2.45) is 0 Å². The lowest BCUT2D eigenvalue weighted by molar-refractivity contribution is -0.141. The van der Waals surface area contributed by atoms with Gasteiger partial charge in [0, 0.05) is 38.8 Å². The van der Waals surface area contributed by atoms with Crippen LogP contribution in [0.5, 0.6) is 0 Å². The Morgan fingerprint density at radius 3 is 2.42 bits per heavy atom. The van der Waals surface area contributed by atoms with E-state index in [0.29, 0.717) is 22.4 Å². The maximum atomic E-state index is 13.2. The maximum Gasteiger partial charge on any atom is 0.433 e. The molecule has 0 bridgehead atoms. The van der Waals surface area contributed by atoms with Crippen molar-refractivity contribution in [2.45, 2.75) is 78.2 Å². The quantitative estimate of drug-likeness (QED) is 0.406. The third kappa shape index (κ3) is 4.68. The van der Waals surface area contributed by atoms with Gasteiger partial charge in [-0.05, 0) is 71.9 Å². The molecule has 0 radical (unpaired) electrons. The van der Waals surface area contributed by atoms with E-state index in [4.69, 9.17) is 9.72 Å². The molecule has 176 valence electrons. The summed E-state index contributed by atoms with van der Waals surface area (Å²) < 4.78 is 45.7. The number of pyridine rings is 2. The highest BCUT2D eigenvalue weighted by Crippen LogP contribution is 2.46. The van der Waals surface area contributed by atoms with Crippen LogP contribution in [-0.2, 0) is 28.5 Å². The first-order valence-electron chi connectivity index (χ1n) is 11.0. The van der Waals surface area contributed by atoms with Gasteiger partial charge in [-0.1, -0.05) is 6.07 Å². The van der Waals surface area contributed by atoms with Crippen molar-refractivity contribution in [2.75, 3.05) is 0 Å². The third-order valence-electron chi connectivity index (χ3n) is 5.78. The van der Waals surface area contributed by atoms with Crippen LogP contribution in [-0.4, -0.2) is 21.4 Å². The number of ether oxygens (including phenoxy) is 1. The first-order valence-corrected chi connectivity index (χ1v) is 11.8. The number of halogens is 3. The lowest BCUT2D eigenvalue weighted by Gasteiger charge is -2.29. The van der Waals surface area contributed by atoms with E-state index < -0.39 is 23.6 Å². The van der Waals surface area contributed by atoms with Gasteiger partial charge >= 0.3 is 6.18 Å². The van der Waals surface area contributed by atoms with Gasteiger partial charge in [-0.2, -0.15) is 13.2 Å². The lowest BCUT2D eigenvalue weighted by atomic mass is 9.87. The molecule has 0 spiro atoms. The number of rotatable bonds is 4. The first kappa shape index (κ1) is 23.8. The molecular weight excluding hydrogens is 449 g/mol. The van der Waals surface area contributed by atoms with Gasteiger partial charge in [-0.3, -0.25) is 9.78 Å². The molecule has 1 atom stereocenters. The Morgan fingerprint density at radius 1 is 1.15 bits per heavy atom. The zero-order chi connectivity index (χ0) is 24.1. The van der Waals surface area contributed by atoms with Crippen LogP contribution >= 0.6 is 11.3 Å². The molecule has 3 aromatic heterocycles. The number of hydrogen-bond acceptors (Lipinski definition) is 5. The molecule has 1 aliphatic rings. The van der Waals surface area contributed by atoms with Crippen molar-refractivity contribution in [1.82, 2.24) is 9.97 Å². The number of fused-ring (bicyclic) bond motifs is 3. The highest BCUT2D eigenvalue weighted by molar-refractivity contribution is 7.19. The molecule has 0 fully saturated rings. The average Bonchev–Trinajstić information content (AvgIpc) is 3.07. The van der Waals surface area contributed by atoms with Crippen molar-refractivity contribution in [3.05, 3.63) is 45.7 Å². The molecule has 0 saturated heterocycles. The van der Waals surface area contributed by atoms with E-state index in [1.807, 2.05) is 27.7 Å². The molecule has 0 amide bonds. The molecule has 8 heteroatoms. The van der Waals surface area contributed by atoms with Crippen LogP contribution in [0.2, 0.25) is 0 Å². The summed E-state index contributed by atoms with van der Waals surface area (Å²) in [6.07, 6.45) is -0.174. The second-order valence-electron chi connectivity index (χ2n) is 9.53. The Hall–Kier alpha value is -2.32. The van der Waals surface area contributed by atoms with E-state index in [-0.39, 0.29) is 5.78 Å². The minimum atomic E-state index is -4.52. The molecule has 0 aromatic carbocycles. The summed E-state index contributed by atoms with van der Waals surface area (Å²) in [5, 5.41) is 0.917. The highest BCUT2D eigenvalue weighted by atomic mass is 32.1. The number of Topliss-reactive ketones (excluding diaryl/α,β-unsaturated/α-hetero) is 1. The Kier molecular flexibility index (Phi) is 6.12. The molecule has 4 rings (SSSR count). The van der Waals surface area contributed by atoms with Crippen LogP contribution in [0.25, 0.3) is 21.3 Å². The average molecular weight is 477 g/mol. The van der Waals surface area contributed by atoms with Crippen LogP contribution in [0.15, 0.2) is 18.3 Å². The van der Waals surface area contributed by atoms with E-state index in [0.717, 1.165) is 42.0 Å². The van der Waals surface area contributed by atoms with Crippen molar-refractivity contribution < 1.29 is 22.7 Å². The smallest absolute Gasteiger partial charge is 0.360 e. The van der Waals surface area contributed by atoms with Crippen molar-refractivity contribution >= 4 is 27.3 Å². The summed E-state index contributed by atoms with van der Waals surface area (Å²) in [6.45, 7) is 8.91. The third-order valence-corrected chi connectivity index (χ3v) is 6.96. The first-order chi connectivity index (χ1) is 15.4. The summed E-state index contributed by atoms with van der Waals surface area (Å²) in [5.41, 5.74) is 2.12. The fraction of sp³-hybridized carbons (Fsp3) is 0.480. The number of alkyl halides is 3. The van der Waals surface area contributed by atoms with Gasteiger partial charge in [0.15, 0.2) is 5.78 Å². The van der Waals surface area contributed by atoms with Gasteiger partial charge in [-0.15, -0.1) is 11.3 Å². The van der Waals surface area contributed by atoms with Gasteiger partial charge < -0.3 is 4.74 Å². The summed E-state index contributed by atoms with van der Waals surface area (Å²) in [7, 11) is 0. The molecule has 0 N–H and O–H groups in total. The summed E-state index contributed by atoms with van der Waals surface area (Å²) in [6, 6.07) is 2.43. The van der Waals surface area contributed by atoms with Crippen molar-refractivity contribution in [3.8, 4) is 11.1 Å². The van der Waals surface area contributed by atoms with E-state index in [2.05, 4.69) is 4.98 Å². The number of ketones is 1. The molecule has 0 saturated carbocycles. The summed E-state index contributed by atoms with van der Waals surface area (Å²) in [5.74, 6) is -0.181. The predicted octanol–water partition coefficient (Wildman–Crippen LogP) is 7.01. The zero-order valence-corrected chi connectivity index (χ0v) is 20.2. The number of nitrogens with zero attached hydrogens (tertiary/aromatic N) is 2. The number of aromatic nitrogens is 2. The minimum Gasteiger partial charge on any atom is -0.360 e. The Morgan fingerprint density at radius 2 is 1.85 bits per heavy atom. The SMILES string of the molecule is CC(=O)[C@@H](OC(C)(C)C)c1c(C)nc2sc3c(c2c1-c1ccc(C(F)(F)F)nc1)CCCC3. The van der Waals surface area contributed by atoms with Gasteiger partial charge in [-0.25, -0.2) is 4.98 Å². The molecular formula is C25H27F3N2O2S. The summed E-state index contributed by atoms with van der Waals surface area (Å²) in [4.78, 5) is 23.5. The monoisotopic (exact) mass is 476 g/mol. The predicted molar refractivity (Wildman–Crippen MR) is 123 cm³/mol. The summed E-state index contributed by atoms with van der Waals surface area (Å²) >= 11 is 1.63. The van der Waals surface area contributed by atoms with Crippen LogP contribution in [0.1, 0.15) is 74.0 Å². The highest BCUT2D eigenvalue weighted by Gasteiger charge is 2.34. The lowest BCUT2D eigenvalue weighted by Crippen LogP contribution is -2.27. The molecule has 4 nitrogen and oxygen atoms in total. The largest absolute Gasteiger partial charge is 0.433 e. The van der Waals surface area contributed by atoms with Gasteiger partial charge in [0.2, 0.25) is 0 Å². The molecule has 0 aliphatic heterocycles. The Balaban J connectivity index is 2.05. The minimum absolute atomic E-state index is 0.181. The maximum absolute atomic E-state index is 13.2. The van der Waals surface area contributed by atoms with Crippen LogP contribution in [0.3, 0.4) is 0 Å². The second-order valence-corrected chi connectivity index (χ2v) is 10.6. The zero-order valence-electron chi connectivity index (χ0n) is 19.4. The van der Waals surface area contributed by atoms with Crippen LogP contribution < -0.4 is 0 Å². The molecule has 3 aromatic rings. The van der Waals surface area contributed by atoms with Crippen molar-refractivity contribution in [1.29, 1.82) is 0 Å². The van der Waals surface area contributed by atoms with Gasteiger partial charge in [0.25, 0.3) is 0 Å². The number of carbonyl (C=O) groups excluding carboxylic acids is 1. The van der Waals surface area contributed by atoms with Crippen LogP contribution in [0, 0.1) is 6.92 Å². The number of thiophene rings is 1. The van der Waals surface area contributed by atoms with Crippen LogP contribution in [0.4, 0.5) is 13.2 Å². The van der Waals surface area contributed by atoms with E-state index >= 15 is 0 Å². The number of hydrogen-bond donors (Lipinski definition) is 0. The fourth-order valence-corrected chi connectivity index (χ4v) is 5.76. The topological polar surface area (TPSA) is 52.1 Å². The van der Waals surface area contributed by atoms with Crippen molar-refractivity contribution in [3.63, 3.8) is 0 Å². The fourth-order valence-electron chi connectivity index (χ4n) is 4.44. The molecule has 0 unspecified atom stereocenters. The Labute approximate surface area is 195 Å². The number of carbonyl (C=O) groups is 1. The van der Waals surface area contributed by atoms with E-state index in [1.165, 1.54) is 29.6 Å². The normalized spacial score (nSPS) is 15.5. The van der Waals surface area contributed by atoms with E-state index in [9.17, 15) is 18.0 Å². The van der Waals surface area contributed by atoms with Gasteiger partial charge in [0.05, 0.1) is 5.60 Å². The number of aryl methyl sites for hydroxylation is 3. The standard InChI is InChI=1S/C25H27F3N2O2S/c1-13-19(22(14(2)31)32-24(3,4)5)20(15-10-11-18(29-12-15)25(26,27)28)21-16-8-6-7-9-17(16)33-23(21)30-13/h10-12,22H,6-9H2,1-5H3/t22-/m1/s1.